The first kappa shape index (κ1) is 33.0. The average Bonchev–Trinajstić information content (AvgIpc) is 3.24. The molecule has 2 heteroatoms. The number of rotatable bonds is 8. The Morgan fingerprint density at radius 2 is 0.685 bits per heavy atom. The molecule has 0 spiro atoms. The van der Waals surface area contributed by atoms with Gasteiger partial charge in [-0.2, -0.15) is 0 Å². The van der Waals surface area contributed by atoms with Gasteiger partial charge in [-0.25, -0.2) is 0 Å². The minimum Gasteiger partial charge on any atom is -0.313 e. The van der Waals surface area contributed by atoms with Gasteiger partial charge < -0.3 is 9.80 Å². The summed E-state index contributed by atoms with van der Waals surface area (Å²) in [6, 6.07) is 68.1. The lowest BCUT2D eigenvalue weighted by atomic mass is 9.84. The molecule has 9 rings (SSSR count). The summed E-state index contributed by atoms with van der Waals surface area (Å²) in [5, 5.41) is 9.69. The van der Waals surface area contributed by atoms with Crippen molar-refractivity contribution in [3.63, 3.8) is 0 Å². The Morgan fingerprint density at radius 3 is 1.06 bits per heavy atom. The number of fused-ring (bicyclic) bond motifs is 4. The third-order valence-electron chi connectivity index (χ3n) is 10.4. The predicted octanol–water partition coefficient (Wildman–Crippen LogP) is 15.1. The molecule has 9 aromatic rings. The largest absolute Gasteiger partial charge is 0.313 e. The molecule has 0 aromatic heterocycles. The summed E-state index contributed by atoms with van der Waals surface area (Å²) in [5.41, 5.74) is 9.36. The highest BCUT2D eigenvalue weighted by Gasteiger charge is 2.26. The number of anilines is 5. The summed E-state index contributed by atoms with van der Waals surface area (Å²) in [5.74, 6) is 0. The fourth-order valence-corrected chi connectivity index (χ4v) is 8.19. The highest BCUT2D eigenvalue weighted by Crippen LogP contribution is 2.52. The number of hydrogen-bond acceptors (Lipinski definition) is 2. The van der Waals surface area contributed by atoms with Crippen molar-refractivity contribution < 1.29 is 0 Å². The van der Waals surface area contributed by atoms with Crippen LogP contribution in [-0.4, -0.2) is 0 Å². The fraction of sp³-hybridized carbons (Fsp3) is 0.0385. The Kier molecular flexibility index (Phi) is 8.70. The maximum atomic E-state index is 2.42. The molecule has 0 bridgehead atoms. The summed E-state index contributed by atoms with van der Waals surface area (Å²) in [6.07, 6.45) is 6.41. The van der Waals surface area contributed by atoms with Crippen molar-refractivity contribution in [1.29, 1.82) is 0 Å². The van der Waals surface area contributed by atoms with E-state index in [1.165, 1.54) is 65.6 Å². The lowest BCUT2D eigenvalue weighted by molar-refractivity contribution is 1.17. The molecule has 0 saturated heterocycles. The van der Waals surface area contributed by atoms with Gasteiger partial charge in [0, 0.05) is 44.3 Å². The zero-order valence-corrected chi connectivity index (χ0v) is 30.5. The number of para-hydroxylation sites is 3. The van der Waals surface area contributed by atoms with E-state index in [1.807, 2.05) is 0 Å². The van der Waals surface area contributed by atoms with Crippen molar-refractivity contribution in [3.05, 3.63) is 212 Å². The van der Waals surface area contributed by atoms with Crippen molar-refractivity contribution in [1.82, 2.24) is 0 Å². The topological polar surface area (TPSA) is 6.48 Å². The van der Waals surface area contributed by atoms with E-state index >= 15 is 0 Å². The standard InChI is InChI=1S/C52H40N2/c1-3-4-22-37(2)53(38-23-8-5-9-24-38)51-45-33-18-14-29-41(45)49(42-30-15-19-34-46(42)51)50-43-31-16-20-35-47(43)52(48-36-21-17-32-44(48)50)54(39-25-10-6-11-26-39)40-27-12-7-13-28-40/h3-36H,1-2H3/b4-3-,37-22+. The van der Waals surface area contributed by atoms with E-state index in [4.69, 9.17) is 0 Å². The lowest BCUT2D eigenvalue weighted by Gasteiger charge is -2.31. The minimum absolute atomic E-state index is 1.12. The van der Waals surface area contributed by atoms with Crippen LogP contribution in [0.15, 0.2) is 212 Å². The first-order chi connectivity index (χ1) is 26.7. The van der Waals surface area contributed by atoms with Gasteiger partial charge in [-0.3, -0.25) is 0 Å². The molecule has 0 radical (unpaired) electrons. The first-order valence-electron chi connectivity index (χ1n) is 18.7. The van der Waals surface area contributed by atoms with Gasteiger partial charge in [0.05, 0.1) is 11.4 Å². The van der Waals surface area contributed by atoms with Gasteiger partial charge in [-0.15, -0.1) is 0 Å². The number of hydrogen-bond donors (Lipinski definition) is 0. The molecule has 0 saturated carbocycles. The molecule has 0 atom stereocenters. The van der Waals surface area contributed by atoms with Gasteiger partial charge >= 0.3 is 0 Å². The number of allylic oxidation sites excluding steroid dienone is 4. The summed E-state index contributed by atoms with van der Waals surface area (Å²) in [6.45, 7) is 4.27. The Labute approximate surface area is 317 Å². The van der Waals surface area contributed by atoms with Crippen molar-refractivity contribution in [3.8, 4) is 11.1 Å². The van der Waals surface area contributed by atoms with Crippen molar-refractivity contribution in [2.45, 2.75) is 13.8 Å². The number of benzene rings is 9. The van der Waals surface area contributed by atoms with E-state index in [1.54, 1.807) is 0 Å². The Hall–Kier alpha value is -6.90. The predicted molar refractivity (Wildman–Crippen MR) is 234 cm³/mol. The van der Waals surface area contributed by atoms with Gasteiger partial charge in [-0.1, -0.05) is 164 Å². The van der Waals surface area contributed by atoms with Crippen LogP contribution in [0.1, 0.15) is 13.8 Å². The third kappa shape index (κ3) is 5.60. The zero-order chi connectivity index (χ0) is 36.4. The molecule has 2 nitrogen and oxygen atoms in total. The average molecular weight is 693 g/mol. The molecule has 0 aliphatic rings. The summed E-state index contributed by atoms with van der Waals surface area (Å²) in [4.78, 5) is 4.84. The van der Waals surface area contributed by atoms with E-state index in [-0.39, 0.29) is 0 Å². The fourth-order valence-electron chi connectivity index (χ4n) is 8.19. The van der Waals surface area contributed by atoms with Gasteiger partial charge in [0.2, 0.25) is 0 Å². The summed E-state index contributed by atoms with van der Waals surface area (Å²) in [7, 11) is 0. The van der Waals surface area contributed by atoms with Gasteiger partial charge in [0.25, 0.3) is 0 Å². The van der Waals surface area contributed by atoms with Crippen LogP contribution in [0.4, 0.5) is 28.4 Å². The highest BCUT2D eigenvalue weighted by molar-refractivity contribution is 6.30. The molecule has 0 aliphatic heterocycles. The molecule has 0 unspecified atom stereocenters. The van der Waals surface area contributed by atoms with Gasteiger partial charge in [0.15, 0.2) is 0 Å². The quantitative estimate of drug-likeness (QED) is 0.116. The second-order valence-electron chi connectivity index (χ2n) is 13.6. The van der Waals surface area contributed by atoms with E-state index in [0.29, 0.717) is 0 Å². The summed E-state index contributed by atoms with van der Waals surface area (Å²) >= 11 is 0. The zero-order valence-electron chi connectivity index (χ0n) is 30.5. The van der Waals surface area contributed by atoms with Crippen LogP contribution >= 0.6 is 0 Å². The molecule has 9 aromatic carbocycles. The maximum Gasteiger partial charge on any atom is 0.0618 e. The van der Waals surface area contributed by atoms with Crippen molar-refractivity contribution in [2.24, 2.45) is 0 Å². The van der Waals surface area contributed by atoms with Crippen LogP contribution in [0, 0.1) is 0 Å². The van der Waals surface area contributed by atoms with Gasteiger partial charge in [-0.05, 0) is 89.0 Å². The SMILES string of the molecule is C/C=C\C=C(/C)N(c1ccccc1)c1c2ccccc2c(-c2c3ccccc3c(N(c3ccccc3)c3ccccc3)c3ccccc23)c2ccccc12. The van der Waals surface area contributed by atoms with Crippen LogP contribution < -0.4 is 9.80 Å². The second kappa shape index (κ2) is 14.3. The normalized spacial score (nSPS) is 11.9. The van der Waals surface area contributed by atoms with Gasteiger partial charge in [0.1, 0.15) is 0 Å². The Morgan fingerprint density at radius 1 is 0.370 bits per heavy atom. The van der Waals surface area contributed by atoms with Crippen LogP contribution in [-0.2, 0) is 0 Å². The molecular weight excluding hydrogens is 653 g/mol. The molecule has 54 heavy (non-hydrogen) atoms. The minimum atomic E-state index is 1.12. The van der Waals surface area contributed by atoms with Crippen LogP contribution in [0.5, 0.6) is 0 Å². The van der Waals surface area contributed by atoms with Crippen LogP contribution in [0.25, 0.3) is 54.2 Å². The van der Waals surface area contributed by atoms with E-state index in [0.717, 1.165) is 22.8 Å². The molecule has 0 heterocycles. The Bertz CT molecular complexity index is 2680. The van der Waals surface area contributed by atoms with E-state index in [9.17, 15) is 0 Å². The van der Waals surface area contributed by atoms with E-state index in [2.05, 4.69) is 230 Å². The molecular formula is C52H40N2. The van der Waals surface area contributed by atoms with Crippen LogP contribution in [0.2, 0.25) is 0 Å². The third-order valence-corrected chi connectivity index (χ3v) is 10.4. The highest BCUT2D eigenvalue weighted by atomic mass is 15.2. The molecule has 0 aliphatic carbocycles. The van der Waals surface area contributed by atoms with Crippen molar-refractivity contribution in [2.75, 3.05) is 9.80 Å². The molecule has 0 amide bonds. The van der Waals surface area contributed by atoms with Crippen LogP contribution in [0.3, 0.4) is 0 Å². The monoisotopic (exact) mass is 692 g/mol. The second-order valence-corrected chi connectivity index (χ2v) is 13.6. The summed E-state index contributed by atoms with van der Waals surface area (Å²) < 4.78 is 0. The molecule has 258 valence electrons. The molecule has 0 fully saturated rings. The number of nitrogens with zero attached hydrogens (tertiary/aromatic N) is 2. The Balaban J connectivity index is 1.43. The molecule has 0 N–H and O–H groups in total. The first-order valence-corrected chi connectivity index (χ1v) is 18.7. The smallest absolute Gasteiger partial charge is 0.0618 e. The van der Waals surface area contributed by atoms with E-state index < -0.39 is 0 Å². The maximum absolute atomic E-state index is 2.42. The lowest BCUT2D eigenvalue weighted by Crippen LogP contribution is -2.15. The van der Waals surface area contributed by atoms with Crippen molar-refractivity contribution >= 4 is 71.5 Å².